The molecule has 0 aliphatic heterocycles. The van der Waals surface area contributed by atoms with Crippen LogP contribution in [0.2, 0.25) is 0 Å². The summed E-state index contributed by atoms with van der Waals surface area (Å²) in [4.78, 5) is 8.01. The summed E-state index contributed by atoms with van der Waals surface area (Å²) in [6, 6.07) is 16.6. The Morgan fingerprint density at radius 3 is 2.90 bits per heavy atom. The minimum atomic E-state index is 0.867. The van der Waals surface area contributed by atoms with Crippen molar-refractivity contribution in [1.82, 2.24) is 9.97 Å². The molecule has 2 N–H and O–H groups in total. The maximum Gasteiger partial charge on any atom is 0.126 e. The first-order chi connectivity index (χ1) is 9.85. The van der Waals surface area contributed by atoms with Crippen molar-refractivity contribution in [3.05, 3.63) is 54.2 Å². The Balaban J connectivity index is 1.71. The first-order valence-corrected chi connectivity index (χ1v) is 7.74. The maximum atomic E-state index is 4.59. The van der Waals surface area contributed by atoms with Gasteiger partial charge < -0.3 is 10.3 Å². The second-order valence-electron chi connectivity index (χ2n) is 4.55. The van der Waals surface area contributed by atoms with Gasteiger partial charge in [-0.3, -0.25) is 0 Å². The van der Waals surface area contributed by atoms with Crippen molar-refractivity contribution in [2.75, 3.05) is 11.9 Å². The van der Waals surface area contributed by atoms with E-state index in [-0.39, 0.29) is 0 Å². The number of nitrogens with one attached hydrogen (secondary N) is 2. The Bertz CT molecular complexity index is 673. The van der Waals surface area contributed by atoms with Crippen molar-refractivity contribution in [2.45, 2.75) is 17.7 Å². The van der Waals surface area contributed by atoms with Crippen LogP contribution in [0.15, 0.2) is 53.6 Å². The zero-order chi connectivity index (χ0) is 13.8. The van der Waals surface area contributed by atoms with E-state index in [0.29, 0.717) is 0 Å². The van der Waals surface area contributed by atoms with Crippen molar-refractivity contribution in [1.29, 1.82) is 0 Å². The molecular formula is C16H17N3S. The van der Waals surface area contributed by atoms with Crippen molar-refractivity contribution in [3.63, 3.8) is 0 Å². The summed E-state index contributed by atoms with van der Waals surface area (Å²) < 4.78 is 0. The number of benzene rings is 1. The van der Waals surface area contributed by atoms with Gasteiger partial charge in [-0.1, -0.05) is 24.3 Å². The monoisotopic (exact) mass is 283 g/mol. The van der Waals surface area contributed by atoms with Crippen LogP contribution in [0.4, 0.5) is 5.82 Å². The summed E-state index contributed by atoms with van der Waals surface area (Å²) in [6.45, 7) is 2.97. The lowest BCUT2D eigenvalue weighted by Crippen LogP contribution is -2.00. The zero-order valence-electron chi connectivity index (χ0n) is 11.4. The molecular weight excluding hydrogens is 266 g/mol. The molecule has 0 unspecified atom stereocenters. The molecule has 20 heavy (non-hydrogen) atoms. The van der Waals surface area contributed by atoms with Gasteiger partial charge in [0.05, 0.1) is 10.7 Å². The lowest BCUT2D eigenvalue weighted by Gasteiger charge is -2.04. The van der Waals surface area contributed by atoms with Gasteiger partial charge in [0.15, 0.2) is 0 Å². The first kappa shape index (κ1) is 13.1. The van der Waals surface area contributed by atoms with Gasteiger partial charge in [-0.15, -0.1) is 11.8 Å². The summed E-state index contributed by atoms with van der Waals surface area (Å²) in [6.07, 6.45) is 0. The number of para-hydroxylation sites is 1. The largest absolute Gasteiger partial charge is 0.370 e. The molecule has 3 rings (SSSR count). The van der Waals surface area contributed by atoms with Crippen LogP contribution in [0, 0.1) is 0 Å². The van der Waals surface area contributed by atoms with Gasteiger partial charge in [-0.05, 0) is 31.2 Å². The molecule has 0 bridgehead atoms. The molecule has 0 radical (unpaired) electrons. The fraction of sp³-hybridized carbons (Fsp3) is 0.188. The standard InChI is InChI=1S/C16H17N3S/c1-2-17-15-9-5-7-13(18-15)11-20-16-10-12-6-3-4-8-14(12)19-16/h3-10,19H,2,11H2,1H3,(H,17,18). The minimum absolute atomic E-state index is 0.867. The molecule has 3 aromatic rings. The van der Waals surface area contributed by atoms with E-state index in [1.165, 1.54) is 15.9 Å². The van der Waals surface area contributed by atoms with Gasteiger partial charge in [-0.2, -0.15) is 0 Å². The smallest absolute Gasteiger partial charge is 0.126 e. The number of fused-ring (bicyclic) bond motifs is 1. The fourth-order valence-corrected chi connectivity index (χ4v) is 2.97. The summed E-state index contributed by atoms with van der Waals surface area (Å²) in [5.74, 6) is 1.81. The van der Waals surface area contributed by atoms with Crippen molar-refractivity contribution < 1.29 is 0 Å². The zero-order valence-corrected chi connectivity index (χ0v) is 12.2. The third kappa shape index (κ3) is 2.96. The van der Waals surface area contributed by atoms with Crippen LogP contribution in [0.1, 0.15) is 12.6 Å². The molecule has 0 atom stereocenters. The molecule has 0 aliphatic rings. The summed E-state index contributed by atoms with van der Waals surface area (Å²) in [5.41, 5.74) is 2.27. The Morgan fingerprint density at radius 2 is 2.05 bits per heavy atom. The number of thioether (sulfide) groups is 1. The van der Waals surface area contributed by atoms with Crippen LogP contribution < -0.4 is 5.32 Å². The molecule has 0 saturated carbocycles. The summed E-state index contributed by atoms with van der Waals surface area (Å²) in [7, 11) is 0. The molecule has 2 aromatic heterocycles. The number of H-pyrrole nitrogens is 1. The van der Waals surface area contributed by atoms with E-state index in [4.69, 9.17) is 0 Å². The van der Waals surface area contributed by atoms with Crippen molar-refractivity contribution in [3.8, 4) is 0 Å². The van der Waals surface area contributed by atoms with Gasteiger partial charge in [0.25, 0.3) is 0 Å². The SMILES string of the molecule is CCNc1cccc(CSc2cc3ccccc3[nH]2)n1. The summed E-state index contributed by atoms with van der Waals surface area (Å²) in [5, 5.41) is 5.68. The van der Waals surface area contributed by atoms with Crippen LogP contribution >= 0.6 is 11.8 Å². The predicted octanol–water partition coefficient (Wildman–Crippen LogP) is 4.29. The van der Waals surface area contributed by atoms with E-state index in [1.807, 2.05) is 12.1 Å². The highest BCUT2D eigenvalue weighted by molar-refractivity contribution is 7.98. The lowest BCUT2D eigenvalue weighted by molar-refractivity contribution is 1.11. The number of anilines is 1. The van der Waals surface area contributed by atoms with Crippen LogP contribution in [0.25, 0.3) is 10.9 Å². The van der Waals surface area contributed by atoms with Crippen molar-refractivity contribution in [2.24, 2.45) is 0 Å². The number of aromatic nitrogens is 2. The van der Waals surface area contributed by atoms with E-state index >= 15 is 0 Å². The van der Waals surface area contributed by atoms with Crippen LogP contribution in [0.5, 0.6) is 0 Å². The second kappa shape index (κ2) is 6.01. The van der Waals surface area contributed by atoms with E-state index in [9.17, 15) is 0 Å². The van der Waals surface area contributed by atoms with E-state index in [0.717, 1.165) is 23.8 Å². The highest BCUT2D eigenvalue weighted by atomic mass is 32.2. The molecule has 102 valence electrons. The normalized spacial score (nSPS) is 10.8. The Morgan fingerprint density at radius 1 is 1.15 bits per heavy atom. The topological polar surface area (TPSA) is 40.7 Å². The lowest BCUT2D eigenvalue weighted by atomic mass is 10.3. The summed E-state index contributed by atoms with van der Waals surface area (Å²) >= 11 is 1.78. The van der Waals surface area contributed by atoms with Crippen LogP contribution in [-0.2, 0) is 5.75 Å². The molecule has 0 saturated heterocycles. The quantitative estimate of drug-likeness (QED) is 0.686. The molecule has 2 heterocycles. The van der Waals surface area contributed by atoms with E-state index < -0.39 is 0 Å². The van der Waals surface area contributed by atoms with Gasteiger partial charge in [-0.25, -0.2) is 4.98 Å². The number of rotatable bonds is 5. The first-order valence-electron chi connectivity index (χ1n) is 6.75. The average Bonchev–Trinajstić information content (AvgIpc) is 2.89. The molecule has 0 amide bonds. The second-order valence-corrected chi connectivity index (χ2v) is 5.57. The molecule has 0 fully saturated rings. The number of pyridine rings is 1. The number of hydrogen-bond donors (Lipinski definition) is 2. The van der Waals surface area contributed by atoms with Gasteiger partial charge in [0.2, 0.25) is 0 Å². The predicted molar refractivity (Wildman–Crippen MR) is 86.3 cm³/mol. The fourth-order valence-electron chi connectivity index (χ4n) is 2.12. The van der Waals surface area contributed by atoms with Gasteiger partial charge in [0.1, 0.15) is 5.82 Å². The van der Waals surface area contributed by atoms with Crippen molar-refractivity contribution >= 4 is 28.5 Å². The number of hydrogen-bond acceptors (Lipinski definition) is 3. The maximum absolute atomic E-state index is 4.59. The van der Waals surface area contributed by atoms with E-state index in [2.05, 4.69) is 58.6 Å². The highest BCUT2D eigenvalue weighted by Crippen LogP contribution is 2.25. The number of aromatic amines is 1. The van der Waals surface area contributed by atoms with Gasteiger partial charge in [0, 0.05) is 23.2 Å². The molecule has 0 spiro atoms. The Hall–Kier alpha value is -1.94. The van der Waals surface area contributed by atoms with Crippen LogP contribution in [0.3, 0.4) is 0 Å². The molecule has 0 aliphatic carbocycles. The Labute approximate surface area is 122 Å². The Kier molecular flexibility index (Phi) is 3.92. The molecule has 3 nitrogen and oxygen atoms in total. The van der Waals surface area contributed by atoms with E-state index in [1.54, 1.807) is 11.8 Å². The molecule has 4 heteroatoms. The average molecular weight is 283 g/mol. The minimum Gasteiger partial charge on any atom is -0.370 e. The molecule has 1 aromatic carbocycles. The third-order valence-electron chi connectivity index (χ3n) is 3.05. The van der Waals surface area contributed by atoms with Gasteiger partial charge >= 0.3 is 0 Å². The third-order valence-corrected chi connectivity index (χ3v) is 4.02. The van der Waals surface area contributed by atoms with Crippen LogP contribution in [-0.4, -0.2) is 16.5 Å². The highest BCUT2D eigenvalue weighted by Gasteiger charge is 2.02. The number of nitrogens with zero attached hydrogens (tertiary/aromatic N) is 1.